The quantitative estimate of drug-likeness (QED) is 0.487. The number of aromatic nitrogens is 6. The summed E-state index contributed by atoms with van der Waals surface area (Å²) in [6.45, 7) is 1.31. The average molecular weight is 448 g/mol. The van der Waals surface area contributed by atoms with Gasteiger partial charge in [0.1, 0.15) is 23.1 Å². The van der Waals surface area contributed by atoms with Crippen LogP contribution in [-0.2, 0) is 30.7 Å². The van der Waals surface area contributed by atoms with Crippen LogP contribution >= 0.6 is 11.3 Å². The van der Waals surface area contributed by atoms with Crippen LogP contribution < -0.4 is 5.32 Å². The van der Waals surface area contributed by atoms with Gasteiger partial charge < -0.3 is 10.1 Å². The first-order valence-electron chi connectivity index (χ1n) is 11.2. The van der Waals surface area contributed by atoms with Crippen LogP contribution in [0.3, 0.4) is 0 Å². The minimum Gasteiger partial charge on any atom is -0.377 e. The van der Waals surface area contributed by atoms with Gasteiger partial charge in [-0.2, -0.15) is 5.10 Å². The zero-order chi connectivity index (χ0) is 21.5. The highest BCUT2D eigenvalue weighted by atomic mass is 32.1. The molecule has 4 aromatic heterocycles. The topological polar surface area (TPSA) is 90.6 Å². The maximum atomic E-state index is 5.25. The minimum absolute atomic E-state index is 0.0563. The van der Waals surface area contributed by atoms with Gasteiger partial charge in [0.05, 0.1) is 11.4 Å². The highest BCUT2D eigenvalue weighted by Gasteiger charge is 2.28. The van der Waals surface area contributed by atoms with E-state index in [2.05, 4.69) is 15.4 Å². The highest BCUT2D eigenvalue weighted by molar-refractivity contribution is 7.19. The van der Waals surface area contributed by atoms with Gasteiger partial charge in [-0.05, 0) is 56.2 Å². The predicted octanol–water partition coefficient (Wildman–Crippen LogP) is 4.32. The van der Waals surface area contributed by atoms with E-state index in [9.17, 15) is 0 Å². The number of anilines is 1. The minimum atomic E-state index is 0.0563. The molecule has 0 fully saturated rings. The lowest BCUT2D eigenvalue weighted by Gasteiger charge is -2.24. The summed E-state index contributed by atoms with van der Waals surface area (Å²) < 4.78 is 7.26. The molecule has 1 atom stereocenters. The van der Waals surface area contributed by atoms with Crippen molar-refractivity contribution in [2.75, 3.05) is 12.4 Å². The molecule has 0 saturated heterocycles. The van der Waals surface area contributed by atoms with E-state index >= 15 is 0 Å². The Balaban J connectivity index is 1.46. The number of ether oxygens (including phenoxy) is 1. The second-order valence-electron chi connectivity index (χ2n) is 8.41. The van der Waals surface area contributed by atoms with E-state index < -0.39 is 0 Å². The number of hydrogen-bond donors (Lipinski definition) is 1. The number of rotatable bonds is 5. The van der Waals surface area contributed by atoms with Crippen molar-refractivity contribution in [2.45, 2.75) is 57.7 Å². The summed E-state index contributed by atoms with van der Waals surface area (Å²) in [6, 6.07) is 4.00. The molecule has 2 aliphatic rings. The summed E-state index contributed by atoms with van der Waals surface area (Å²) in [7, 11) is 1.67. The third kappa shape index (κ3) is 3.45. The Morgan fingerprint density at radius 1 is 1.19 bits per heavy atom. The zero-order valence-corrected chi connectivity index (χ0v) is 18.9. The zero-order valence-electron chi connectivity index (χ0n) is 18.0. The fourth-order valence-corrected chi connectivity index (χ4v) is 6.04. The average Bonchev–Trinajstić information content (AvgIpc) is 3.41. The molecule has 1 unspecified atom stereocenters. The van der Waals surface area contributed by atoms with Gasteiger partial charge in [-0.1, -0.05) is 0 Å². The number of nitrogens with one attached hydrogen (secondary N) is 1. The lowest BCUT2D eigenvalue weighted by Crippen LogP contribution is -2.23. The molecule has 0 saturated carbocycles. The molecule has 0 radical (unpaired) electrons. The molecule has 6 rings (SSSR count). The van der Waals surface area contributed by atoms with Crippen molar-refractivity contribution >= 4 is 27.4 Å². The monoisotopic (exact) mass is 447 g/mol. The first-order chi connectivity index (χ1) is 15.8. The molecule has 0 amide bonds. The van der Waals surface area contributed by atoms with Crippen LogP contribution in [0.4, 0.5) is 5.82 Å². The van der Waals surface area contributed by atoms with E-state index in [1.807, 2.05) is 34.3 Å². The molecule has 9 heteroatoms. The molecule has 1 N–H and O–H groups in total. The number of hydrogen-bond acceptors (Lipinski definition) is 8. The molecule has 4 aromatic rings. The van der Waals surface area contributed by atoms with Crippen LogP contribution in [0.1, 0.15) is 53.8 Å². The van der Waals surface area contributed by atoms with Gasteiger partial charge in [0, 0.05) is 36.5 Å². The van der Waals surface area contributed by atoms with Crippen LogP contribution in [0.2, 0.25) is 0 Å². The van der Waals surface area contributed by atoms with Crippen molar-refractivity contribution in [1.82, 2.24) is 29.7 Å². The lowest BCUT2D eigenvalue weighted by molar-refractivity contribution is 0.177. The Morgan fingerprint density at radius 3 is 3.00 bits per heavy atom. The first-order valence-corrected chi connectivity index (χ1v) is 12.0. The van der Waals surface area contributed by atoms with Crippen LogP contribution in [0.25, 0.3) is 21.6 Å². The molecule has 0 bridgehead atoms. The van der Waals surface area contributed by atoms with Crippen LogP contribution in [-0.4, -0.2) is 36.8 Å². The van der Waals surface area contributed by atoms with E-state index in [0.29, 0.717) is 12.4 Å². The molecule has 164 valence electrons. The van der Waals surface area contributed by atoms with Gasteiger partial charge in [0.25, 0.3) is 0 Å². The molecule has 0 spiro atoms. The van der Waals surface area contributed by atoms with Crippen LogP contribution in [0.5, 0.6) is 0 Å². The summed E-state index contributed by atoms with van der Waals surface area (Å²) >= 11 is 1.82. The van der Waals surface area contributed by atoms with Gasteiger partial charge in [0.2, 0.25) is 0 Å². The van der Waals surface area contributed by atoms with Crippen molar-refractivity contribution in [3.8, 4) is 11.4 Å². The highest BCUT2D eigenvalue weighted by Crippen LogP contribution is 2.41. The number of nitrogens with zero attached hydrogens (tertiary/aromatic N) is 6. The first kappa shape index (κ1) is 19.8. The molecule has 32 heavy (non-hydrogen) atoms. The van der Waals surface area contributed by atoms with E-state index in [0.717, 1.165) is 60.1 Å². The second kappa shape index (κ2) is 8.22. The number of aryl methyl sites for hydroxylation is 3. The van der Waals surface area contributed by atoms with Crippen molar-refractivity contribution in [3.05, 3.63) is 46.6 Å². The van der Waals surface area contributed by atoms with Gasteiger partial charge in [-0.15, -0.1) is 11.3 Å². The Morgan fingerprint density at radius 2 is 2.12 bits per heavy atom. The van der Waals surface area contributed by atoms with Crippen molar-refractivity contribution in [1.29, 1.82) is 0 Å². The van der Waals surface area contributed by atoms with Crippen LogP contribution in [0, 0.1) is 0 Å². The second-order valence-corrected chi connectivity index (χ2v) is 9.49. The molecule has 0 aromatic carbocycles. The summed E-state index contributed by atoms with van der Waals surface area (Å²) in [5.74, 6) is 3.31. The summed E-state index contributed by atoms with van der Waals surface area (Å²) in [6.07, 6.45) is 10.3. The standard InChI is InChI=1S/C23H25N7OS/c1-31-13-18-26-22-16(8-5-11-30(22)29-18)25-21-19-15-7-2-3-9-17(15)32-23(19)28-20(27-21)14-6-4-10-24-12-14/h4,6,10,12,16H,2-3,5,7-9,11,13H2,1H3,(H,25,27,28). The van der Waals surface area contributed by atoms with E-state index in [1.165, 1.54) is 28.7 Å². The lowest BCUT2D eigenvalue weighted by atomic mass is 9.96. The molecular formula is C23H25N7OS. The SMILES string of the molecule is COCc1nc2n(n1)CCCC2Nc1nc(-c2cccnc2)nc2sc3c(c12)CCCC3. The van der Waals surface area contributed by atoms with Gasteiger partial charge >= 0.3 is 0 Å². The Bertz CT molecular complexity index is 1270. The van der Waals surface area contributed by atoms with Crippen molar-refractivity contribution in [3.63, 3.8) is 0 Å². The Labute approximate surface area is 190 Å². The predicted molar refractivity (Wildman–Crippen MR) is 124 cm³/mol. The fraction of sp³-hybridized carbons (Fsp3) is 0.435. The van der Waals surface area contributed by atoms with Crippen LogP contribution in [0.15, 0.2) is 24.5 Å². The number of methoxy groups -OCH3 is 1. The smallest absolute Gasteiger partial charge is 0.176 e. The summed E-state index contributed by atoms with van der Waals surface area (Å²) in [4.78, 5) is 21.5. The third-order valence-corrected chi connectivity index (χ3v) is 7.42. The van der Waals surface area contributed by atoms with E-state index in [1.54, 1.807) is 13.3 Å². The largest absolute Gasteiger partial charge is 0.377 e. The maximum Gasteiger partial charge on any atom is 0.176 e. The summed E-state index contributed by atoms with van der Waals surface area (Å²) in [5.41, 5.74) is 2.35. The molecule has 5 heterocycles. The van der Waals surface area contributed by atoms with Crippen molar-refractivity contribution in [2.24, 2.45) is 0 Å². The number of thiophene rings is 1. The van der Waals surface area contributed by atoms with Crippen molar-refractivity contribution < 1.29 is 4.74 Å². The molecule has 1 aliphatic carbocycles. The van der Waals surface area contributed by atoms with Gasteiger partial charge in [0.15, 0.2) is 11.6 Å². The molecule has 1 aliphatic heterocycles. The van der Waals surface area contributed by atoms with Gasteiger partial charge in [-0.25, -0.2) is 19.6 Å². The van der Waals surface area contributed by atoms with Gasteiger partial charge in [-0.3, -0.25) is 4.98 Å². The van der Waals surface area contributed by atoms with E-state index in [-0.39, 0.29) is 6.04 Å². The third-order valence-electron chi connectivity index (χ3n) is 6.24. The molecule has 8 nitrogen and oxygen atoms in total. The number of fused-ring (bicyclic) bond motifs is 4. The number of pyridine rings is 1. The molecular weight excluding hydrogens is 422 g/mol. The normalized spacial score (nSPS) is 17.8. The maximum absolute atomic E-state index is 5.25. The van der Waals surface area contributed by atoms with E-state index in [4.69, 9.17) is 19.7 Å². The Hall–Kier alpha value is -2.91. The summed E-state index contributed by atoms with van der Waals surface area (Å²) in [5, 5.41) is 9.56. The Kier molecular flexibility index (Phi) is 5.07. The fourth-order valence-electron chi connectivity index (χ4n) is 4.78.